The highest BCUT2D eigenvalue weighted by atomic mass is 35.5. The Morgan fingerprint density at radius 1 is 1.04 bits per heavy atom. The van der Waals surface area contributed by atoms with Crippen LogP contribution >= 0.6 is 11.6 Å². The summed E-state index contributed by atoms with van der Waals surface area (Å²) in [7, 11) is 1.75. The molecule has 0 spiro atoms. The Bertz CT molecular complexity index is 951. The number of carbonyl (C=O) groups is 1. The van der Waals surface area contributed by atoms with Crippen LogP contribution in [-0.2, 0) is 17.6 Å². The fourth-order valence-electron chi connectivity index (χ4n) is 3.05. The molecule has 2 aromatic carbocycles. The Morgan fingerprint density at radius 2 is 1.74 bits per heavy atom. The minimum atomic E-state index is -0.000180. The lowest BCUT2D eigenvalue weighted by Gasteiger charge is -2.18. The molecule has 0 aliphatic rings. The van der Waals surface area contributed by atoms with Crippen molar-refractivity contribution in [3.63, 3.8) is 0 Å². The third-order valence-corrected chi connectivity index (χ3v) is 4.91. The average Bonchev–Trinajstić information content (AvgIpc) is 2.64. The number of rotatable bonds is 5. The highest BCUT2D eigenvalue weighted by molar-refractivity contribution is 6.30. The van der Waals surface area contributed by atoms with E-state index in [9.17, 15) is 4.79 Å². The summed E-state index contributed by atoms with van der Waals surface area (Å²) < 4.78 is 0. The number of anilines is 1. The summed E-state index contributed by atoms with van der Waals surface area (Å²) in [6.45, 7) is 4.06. The largest absolute Gasteiger partial charge is 0.300 e. The van der Waals surface area contributed by atoms with Crippen molar-refractivity contribution in [2.24, 2.45) is 0 Å². The van der Waals surface area contributed by atoms with E-state index >= 15 is 0 Å². The molecule has 0 saturated carbocycles. The molecule has 3 aromatic rings. The van der Waals surface area contributed by atoms with Crippen molar-refractivity contribution in [3.05, 3.63) is 87.8 Å². The van der Waals surface area contributed by atoms with Gasteiger partial charge in [0.25, 0.3) is 0 Å². The van der Waals surface area contributed by atoms with Crippen LogP contribution in [0.25, 0.3) is 0 Å². The van der Waals surface area contributed by atoms with Gasteiger partial charge in [-0.1, -0.05) is 41.9 Å². The van der Waals surface area contributed by atoms with Crippen LogP contribution in [0.5, 0.6) is 0 Å². The zero-order valence-electron chi connectivity index (χ0n) is 15.7. The van der Waals surface area contributed by atoms with Gasteiger partial charge in [-0.3, -0.25) is 9.69 Å². The molecule has 0 fully saturated rings. The predicted molar refractivity (Wildman–Crippen MR) is 109 cm³/mol. The summed E-state index contributed by atoms with van der Waals surface area (Å²) in [6, 6.07) is 15.6. The number of hydrogen-bond donors (Lipinski definition) is 0. The lowest BCUT2D eigenvalue weighted by molar-refractivity contribution is -0.117. The topological polar surface area (TPSA) is 46.1 Å². The number of aromatic nitrogens is 2. The summed E-state index contributed by atoms with van der Waals surface area (Å²) in [4.78, 5) is 23.0. The highest BCUT2D eigenvalue weighted by Gasteiger charge is 2.16. The lowest BCUT2D eigenvalue weighted by atomic mass is 9.99. The molecule has 1 amide bonds. The molecule has 27 heavy (non-hydrogen) atoms. The molecule has 0 aliphatic carbocycles. The van der Waals surface area contributed by atoms with Crippen LogP contribution < -0.4 is 4.90 Å². The maximum atomic E-state index is 12.8. The molecule has 4 nitrogen and oxygen atoms in total. The van der Waals surface area contributed by atoms with E-state index in [0.717, 1.165) is 27.9 Å². The summed E-state index contributed by atoms with van der Waals surface area (Å²) in [5.41, 5.74) is 5.23. The van der Waals surface area contributed by atoms with Crippen LogP contribution in [0.1, 0.15) is 27.9 Å². The maximum absolute atomic E-state index is 12.8. The van der Waals surface area contributed by atoms with Gasteiger partial charge in [-0.15, -0.1) is 0 Å². The van der Waals surface area contributed by atoms with Crippen molar-refractivity contribution in [1.82, 2.24) is 9.97 Å². The van der Waals surface area contributed by atoms with Gasteiger partial charge in [0.05, 0.1) is 12.1 Å². The normalized spacial score (nSPS) is 10.7. The van der Waals surface area contributed by atoms with Gasteiger partial charge in [0.1, 0.15) is 12.1 Å². The minimum Gasteiger partial charge on any atom is -0.300 e. The summed E-state index contributed by atoms with van der Waals surface area (Å²) >= 11 is 6.05. The minimum absolute atomic E-state index is 0.000180. The number of carbonyl (C=O) groups excluding carboxylic acids is 1. The SMILES string of the molecule is Cc1cccc(C)c1CC(=O)N(C)c1cc(Cc2cccc(Cl)c2)ncn1. The molecule has 0 N–H and O–H groups in total. The molecule has 3 rings (SSSR count). The molecule has 5 heteroatoms. The monoisotopic (exact) mass is 379 g/mol. The molecule has 138 valence electrons. The van der Waals surface area contributed by atoms with E-state index in [-0.39, 0.29) is 5.91 Å². The number of likely N-dealkylation sites (N-methyl/N-ethyl adjacent to an activating group) is 1. The van der Waals surface area contributed by atoms with Crippen LogP contribution in [0, 0.1) is 13.8 Å². The molecule has 0 unspecified atom stereocenters. The highest BCUT2D eigenvalue weighted by Crippen LogP contribution is 2.19. The summed E-state index contributed by atoms with van der Waals surface area (Å²) in [5.74, 6) is 0.595. The molecule has 1 aromatic heterocycles. The Balaban J connectivity index is 1.76. The molecule has 0 bridgehead atoms. The van der Waals surface area contributed by atoms with Crippen LogP contribution in [0.3, 0.4) is 0 Å². The Labute approximate surface area is 164 Å². The molecule has 0 saturated heterocycles. The van der Waals surface area contributed by atoms with E-state index in [1.807, 2.05) is 62.4 Å². The first-order chi connectivity index (χ1) is 12.9. The van der Waals surface area contributed by atoms with Crippen molar-refractivity contribution >= 4 is 23.3 Å². The van der Waals surface area contributed by atoms with Crippen molar-refractivity contribution < 1.29 is 4.79 Å². The molecule has 0 atom stereocenters. The third-order valence-electron chi connectivity index (χ3n) is 4.67. The maximum Gasteiger partial charge on any atom is 0.232 e. The van der Waals surface area contributed by atoms with Crippen molar-refractivity contribution in [1.29, 1.82) is 0 Å². The number of halogens is 1. The first-order valence-electron chi connectivity index (χ1n) is 8.81. The third kappa shape index (κ3) is 4.72. The lowest BCUT2D eigenvalue weighted by Crippen LogP contribution is -2.29. The Hall–Kier alpha value is -2.72. The zero-order valence-corrected chi connectivity index (χ0v) is 16.5. The molecule has 1 heterocycles. The van der Waals surface area contributed by atoms with E-state index in [0.29, 0.717) is 23.7 Å². The number of hydrogen-bond acceptors (Lipinski definition) is 3. The van der Waals surface area contributed by atoms with Gasteiger partial charge in [0, 0.05) is 24.6 Å². The van der Waals surface area contributed by atoms with Crippen LogP contribution in [-0.4, -0.2) is 22.9 Å². The molecular weight excluding hydrogens is 358 g/mol. The second kappa shape index (κ2) is 8.31. The van der Waals surface area contributed by atoms with Crippen molar-refractivity contribution in [3.8, 4) is 0 Å². The first-order valence-corrected chi connectivity index (χ1v) is 9.19. The van der Waals surface area contributed by atoms with Crippen LogP contribution in [0.4, 0.5) is 5.82 Å². The molecule has 0 radical (unpaired) electrons. The summed E-state index contributed by atoms with van der Waals surface area (Å²) in [6.07, 6.45) is 2.48. The van der Waals surface area contributed by atoms with Gasteiger partial charge < -0.3 is 0 Å². The molecular formula is C22H22ClN3O. The van der Waals surface area contributed by atoms with Gasteiger partial charge in [-0.25, -0.2) is 9.97 Å². The average molecular weight is 380 g/mol. The number of benzene rings is 2. The van der Waals surface area contributed by atoms with Gasteiger partial charge in [-0.05, 0) is 48.2 Å². The van der Waals surface area contributed by atoms with Gasteiger partial charge in [0.2, 0.25) is 5.91 Å². The van der Waals surface area contributed by atoms with Crippen LogP contribution in [0.15, 0.2) is 54.9 Å². The summed E-state index contributed by atoms with van der Waals surface area (Å²) in [5, 5.41) is 0.697. The standard InChI is InChI=1S/C22H22ClN3O/c1-15-6-4-7-16(2)20(15)13-22(27)26(3)21-12-19(24-14-25-21)11-17-8-5-9-18(23)10-17/h4-10,12,14H,11,13H2,1-3H3. The second-order valence-corrected chi connectivity index (χ2v) is 7.11. The predicted octanol–water partition coefficient (Wildman–Crippen LogP) is 4.54. The van der Waals surface area contributed by atoms with E-state index in [2.05, 4.69) is 9.97 Å². The quantitative estimate of drug-likeness (QED) is 0.653. The van der Waals surface area contributed by atoms with E-state index in [1.54, 1.807) is 11.9 Å². The fourth-order valence-corrected chi connectivity index (χ4v) is 3.26. The fraction of sp³-hybridized carbons (Fsp3) is 0.227. The zero-order chi connectivity index (χ0) is 19.4. The number of aryl methyl sites for hydroxylation is 2. The first kappa shape index (κ1) is 19.1. The molecule has 0 aliphatic heterocycles. The van der Waals surface area contributed by atoms with Gasteiger partial charge in [0.15, 0.2) is 0 Å². The number of nitrogens with zero attached hydrogens (tertiary/aromatic N) is 3. The van der Waals surface area contributed by atoms with Crippen LogP contribution in [0.2, 0.25) is 5.02 Å². The van der Waals surface area contributed by atoms with E-state index in [4.69, 9.17) is 11.6 Å². The van der Waals surface area contributed by atoms with Crippen molar-refractivity contribution in [2.45, 2.75) is 26.7 Å². The van der Waals surface area contributed by atoms with E-state index in [1.165, 1.54) is 6.33 Å². The second-order valence-electron chi connectivity index (χ2n) is 6.67. The van der Waals surface area contributed by atoms with Gasteiger partial charge >= 0.3 is 0 Å². The van der Waals surface area contributed by atoms with Crippen molar-refractivity contribution in [2.75, 3.05) is 11.9 Å². The Kier molecular flexibility index (Phi) is 5.87. The van der Waals surface area contributed by atoms with E-state index < -0.39 is 0 Å². The van der Waals surface area contributed by atoms with Gasteiger partial charge in [-0.2, -0.15) is 0 Å². The Morgan fingerprint density at radius 3 is 2.44 bits per heavy atom. The smallest absolute Gasteiger partial charge is 0.232 e. The number of amides is 1.